The van der Waals surface area contributed by atoms with E-state index in [-0.39, 0.29) is 11.3 Å². The smallest absolute Gasteiger partial charge is 0.220 e. The van der Waals surface area contributed by atoms with Crippen LogP contribution in [0.1, 0.15) is 25.7 Å². The first-order valence-corrected chi connectivity index (χ1v) is 7.08. The van der Waals surface area contributed by atoms with Crippen molar-refractivity contribution in [2.24, 2.45) is 11.3 Å². The Morgan fingerprint density at radius 2 is 2.42 bits per heavy atom. The van der Waals surface area contributed by atoms with E-state index >= 15 is 0 Å². The van der Waals surface area contributed by atoms with Gasteiger partial charge in [0.1, 0.15) is 0 Å². The minimum Gasteiger partial charge on any atom is -0.381 e. The summed E-state index contributed by atoms with van der Waals surface area (Å²) in [5.74, 6) is 0.587. The average molecular weight is 263 g/mol. The van der Waals surface area contributed by atoms with Crippen LogP contribution in [0.25, 0.3) is 0 Å². The Morgan fingerprint density at radius 3 is 3.05 bits per heavy atom. The lowest BCUT2D eigenvalue weighted by atomic mass is 10.0. The Balaban J connectivity index is 1.42. The zero-order valence-corrected chi connectivity index (χ0v) is 11.2. The highest BCUT2D eigenvalue weighted by Gasteiger charge is 2.43. The topological polar surface area (TPSA) is 56.1 Å². The molecule has 19 heavy (non-hydrogen) atoms. The van der Waals surface area contributed by atoms with Crippen molar-refractivity contribution in [2.75, 3.05) is 19.8 Å². The summed E-state index contributed by atoms with van der Waals surface area (Å²) in [5, 5.41) is 7.33. The monoisotopic (exact) mass is 263 g/mol. The molecule has 1 saturated carbocycles. The van der Waals surface area contributed by atoms with Crippen molar-refractivity contribution in [2.45, 2.75) is 32.2 Å². The minimum atomic E-state index is 0.169. The van der Waals surface area contributed by atoms with Crippen LogP contribution in [0.3, 0.4) is 0 Å². The molecule has 2 aliphatic rings. The fraction of sp³-hybridized carbons (Fsp3) is 0.714. The quantitative estimate of drug-likeness (QED) is 0.839. The molecule has 1 saturated heterocycles. The average Bonchev–Trinajstić information content (AvgIpc) is 2.84. The SMILES string of the molecule is O=C(CC1CCOC1)NCC1(Cn2cccn2)CC1. The predicted octanol–water partition coefficient (Wildman–Crippen LogP) is 1.21. The summed E-state index contributed by atoms with van der Waals surface area (Å²) in [4.78, 5) is 11.9. The number of aromatic nitrogens is 2. The summed E-state index contributed by atoms with van der Waals surface area (Å²) < 4.78 is 7.26. The van der Waals surface area contributed by atoms with E-state index in [2.05, 4.69) is 10.4 Å². The van der Waals surface area contributed by atoms with Crippen LogP contribution in [-0.4, -0.2) is 35.4 Å². The van der Waals surface area contributed by atoms with Crippen LogP contribution in [0.2, 0.25) is 0 Å². The maximum absolute atomic E-state index is 11.9. The van der Waals surface area contributed by atoms with Gasteiger partial charge in [0.05, 0.1) is 0 Å². The lowest BCUT2D eigenvalue weighted by Crippen LogP contribution is -2.33. The molecule has 1 aliphatic carbocycles. The fourth-order valence-corrected chi connectivity index (χ4v) is 2.67. The first-order chi connectivity index (χ1) is 9.26. The third-order valence-electron chi connectivity index (χ3n) is 4.17. The molecule has 1 unspecified atom stereocenters. The van der Waals surface area contributed by atoms with E-state index < -0.39 is 0 Å². The van der Waals surface area contributed by atoms with Crippen LogP contribution in [0.4, 0.5) is 0 Å². The maximum Gasteiger partial charge on any atom is 0.220 e. The zero-order valence-electron chi connectivity index (χ0n) is 11.2. The second kappa shape index (κ2) is 5.33. The summed E-state index contributed by atoms with van der Waals surface area (Å²) in [6.07, 6.45) is 7.77. The molecule has 0 radical (unpaired) electrons. The first kappa shape index (κ1) is 12.7. The van der Waals surface area contributed by atoms with Crippen molar-refractivity contribution >= 4 is 5.91 Å². The minimum absolute atomic E-state index is 0.169. The van der Waals surface area contributed by atoms with Crippen molar-refractivity contribution in [1.82, 2.24) is 15.1 Å². The van der Waals surface area contributed by atoms with Gasteiger partial charge in [0.15, 0.2) is 0 Å². The van der Waals surface area contributed by atoms with Crippen molar-refractivity contribution in [3.8, 4) is 0 Å². The Labute approximate surface area is 113 Å². The maximum atomic E-state index is 11.9. The fourth-order valence-electron chi connectivity index (χ4n) is 2.67. The highest BCUT2D eigenvalue weighted by atomic mass is 16.5. The number of nitrogens with one attached hydrogen (secondary N) is 1. The normalized spacial score (nSPS) is 24.3. The van der Waals surface area contributed by atoms with Crippen molar-refractivity contribution in [3.05, 3.63) is 18.5 Å². The number of hydrogen-bond donors (Lipinski definition) is 1. The van der Waals surface area contributed by atoms with Gasteiger partial charge in [0.2, 0.25) is 5.91 Å². The molecule has 104 valence electrons. The number of carbonyl (C=O) groups excluding carboxylic acids is 1. The van der Waals surface area contributed by atoms with Gasteiger partial charge < -0.3 is 10.1 Å². The van der Waals surface area contributed by atoms with E-state index in [0.29, 0.717) is 12.3 Å². The van der Waals surface area contributed by atoms with E-state index in [0.717, 1.165) is 32.7 Å². The molecule has 0 bridgehead atoms. The summed E-state index contributed by atoms with van der Waals surface area (Å²) >= 11 is 0. The molecule has 0 spiro atoms. The second-order valence-corrected chi connectivity index (χ2v) is 5.91. The van der Waals surface area contributed by atoms with Crippen LogP contribution in [0.15, 0.2) is 18.5 Å². The molecule has 1 atom stereocenters. The Hall–Kier alpha value is -1.36. The Bertz CT molecular complexity index is 420. The van der Waals surface area contributed by atoms with E-state index in [1.807, 2.05) is 16.9 Å². The van der Waals surface area contributed by atoms with Gasteiger partial charge in [-0.25, -0.2) is 0 Å². The molecule has 1 amide bonds. The molecule has 0 aromatic carbocycles. The largest absolute Gasteiger partial charge is 0.381 e. The molecule has 2 heterocycles. The lowest BCUT2D eigenvalue weighted by molar-refractivity contribution is -0.122. The van der Waals surface area contributed by atoms with Crippen LogP contribution in [0.5, 0.6) is 0 Å². The van der Waals surface area contributed by atoms with Crippen LogP contribution in [-0.2, 0) is 16.1 Å². The lowest BCUT2D eigenvalue weighted by Gasteiger charge is -2.17. The van der Waals surface area contributed by atoms with Gasteiger partial charge in [-0.05, 0) is 31.2 Å². The van der Waals surface area contributed by atoms with Crippen LogP contribution in [0, 0.1) is 11.3 Å². The molecular formula is C14H21N3O2. The second-order valence-electron chi connectivity index (χ2n) is 5.91. The van der Waals surface area contributed by atoms with Gasteiger partial charge in [-0.15, -0.1) is 0 Å². The summed E-state index contributed by atoms with van der Waals surface area (Å²) in [7, 11) is 0. The molecule has 5 heteroatoms. The summed E-state index contributed by atoms with van der Waals surface area (Å²) in [5.41, 5.74) is 0.244. The number of ether oxygens (including phenoxy) is 1. The Kier molecular flexibility index (Phi) is 3.55. The molecule has 1 aromatic rings. The third kappa shape index (κ3) is 3.35. The van der Waals surface area contributed by atoms with Crippen molar-refractivity contribution in [3.63, 3.8) is 0 Å². The number of carbonyl (C=O) groups is 1. The van der Waals surface area contributed by atoms with E-state index in [4.69, 9.17) is 4.74 Å². The molecular weight excluding hydrogens is 242 g/mol. The zero-order chi connectivity index (χ0) is 13.1. The molecule has 2 fully saturated rings. The summed E-state index contributed by atoms with van der Waals surface area (Å²) in [6.45, 7) is 3.24. The van der Waals surface area contributed by atoms with Gasteiger partial charge >= 0.3 is 0 Å². The van der Waals surface area contributed by atoms with E-state index in [1.54, 1.807) is 6.20 Å². The highest BCUT2D eigenvalue weighted by molar-refractivity contribution is 5.76. The molecule has 1 N–H and O–H groups in total. The Morgan fingerprint density at radius 1 is 1.53 bits per heavy atom. The molecule has 5 nitrogen and oxygen atoms in total. The number of nitrogens with zero attached hydrogens (tertiary/aromatic N) is 2. The molecule has 3 rings (SSSR count). The van der Waals surface area contributed by atoms with E-state index in [1.165, 1.54) is 12.8 Å². The highest BCUT2D eigenvalue weighted by Crippen LogP contribution is 2.46. The van der Waals surface area contributed by atoms with E-state index in [9.17, 15) is 4.79 Å². The van der Waals surface area contributed by atoms with Crippen LogP contribution >= 0.6 is 0 Å². The van der Waals surface area contributed by atoms with Gasteiger partial charge in [-0.3, -0.25) is 9.48 Å². The van der Waals surface area contributed by atoms with Gasteiger partial charge in [-0.2, -0.15) is 5.10 Å². The van der Waals surface area contributed by atoms with Gasteiger partial charge in [-0.1, -0.05) is 0 Å². The number of amides is 1. The molecule has 1 aliphatic heterocycles. The standard InChI is InChI=1S/C14H21N3O2/c18-13(8-12-2-7-19-9-12)15-10-14(3-4-14)11-17-6-1-5-16-17/h1,5-6,12H,2-4,7-11H2,(H,15,18). The third-order valence-corrected chi connectivity index (χ3v) is 4.17. The number of rotatable bonds is 6. The molecule has 1 aromatic heterocycles. The summed E-state index contributed by atoms with van der Waals surface area (Å²) in [6, 6.07) is 1.94. The van der Waals surface area contributed by atoms with Gasteiger partial charge in [0, 0.05) is 50.5 Å². The predicted molar refractivity (Wildman–Crippen MR) is 70.4 cm³/mol. The van der Waals surface area contributed by atoms with Crippen molar-refractivity contribution in [1.29, 1.82) is 0 Å². The van der Waals surface area contributed by atoms with Crippen LogP contribution < -0.4 is 5.32 Å². The van der Waals surface area contributed by atoms with Crippen molar-refractivity contribution < 1.29 is 9.53 Å². The number of hydrogen-bond acceptors (Lipinski definition) is 3. The van der Waals surface area contributed by atoms with Gasteiger partial charge in [0.25, 0.3) is 0 Å². The first-order valence-electron chi connectivity index (χ1n) is 7.08.